The van der Waals surface area contributed by atoms with E-state index < -0.39 is 0 Å². The molecule has 15 heavy (non-hydrogen) atoms. The predicted octanol–water partition coefficient (Wildman–Crippen LogP) is 1.82. The summed E-state index contributed by atoms with van der Waals surface area (Å²) in [4.78, 5) is 4.35. The summed E-state index contributed by atoms with van der Waals surface area (Å²) in [6.45, 7) is 5.29. The van der Waals surface area contributed by atoms with Crippen molar-refractivity contribution in [2.24, 2.45) is 10.7 Å². The standard InChI is InChI=1S/C12H18N2O/c1-3-15-9-10(2)14-12(13)11-7-5-4-6-8-11/h4-8,10H,3,9H2,1-2H3,(H2,13,14). The second-order valence-electron chi connectivity index (χ2n) is 3.39. The Morgan fingerprint density at radius 3 is 2.67 bits per heavy atom. The highest BCUT2D eigenvalue weighted by molar-refractivity contribution is 5.97. The van der Waals surface area contributed by atoms with Gasteiger partial charge in [0.1, 0.15) is 5.84 Å². The molecule has 0 saturated heterocycles. The first-order valence-corrected chi connectivity index (χ1v) is 5.20. The van der Waals surface area contributed by atoms with Crippen LogP contribution in [0.15, 0.2) is 35.3 Å². The zero-order chi connectivity index (χ0) is 11.1. The minimum atomic E-state index is 0.102. The van der Waals surface area contributed by atoms with Gasteiger partial charge >= 0.3 is 0 Å². The van der Waals surface area contributed by atoms with E-state index >= 15 is 0 Å². The molecule has 3 nitrogen and oxygen atoms in total. The largest absolute Gasteiger partial charge is 0.383 e. The number of nitrogens with two attached hydrogens (primary N) is 1. The Morgan fingerprint density at radius 1 is 1.40 bits per heavy atom. The molecule has 1 atom stereocenters. The van der Waals surface area contributed by atoms with Crippen molar-refractivity contribution in [2.45, 2.75) is 19.9 Å². The molecule has 0 aliphatic carbocycles. The number of amidine groups is 1. The second kappa shape index (κ2) is 6.19. The average Bonchev–Trinajstić information content (AvgIpc) is 2.27. The zero-order valence-electron chi connectivity index (χ0n) is 9.31. The van der Waals surface area contributed by atoms with Crippen LogP contribution >= 0.6 is 0 Å². The average molecular weight is 206 g/mol. The molecule has 1 unspecified atom stereocenters. The molecule has 1 rings (SSSR count). The fraction of sp³-hybridized carbons (Fsp3) is 0.417. The van der Waals surface area contributed by atoms with Gasteiger partial charge in [-0.05, 0) is 13.8 Å². The molecule has 2 N–H and O–H groups in total. The molecule has 0 aliphatic heterocycles. The molecule has 0 saturated carbocycles. The van der Waals surface area contributed by atoms with Crippen LogP contribution in [0.25, 0.3) is 0 Å². The third-order valence-corrected chi connectivity index (χ3v) is 1.99. The third kappa shape index (κ3) is 4.13. The van der Waals surface area contributed by atoms with Crippen LogP contribution in [0.4, 0.5) is 0 Å². The SMILES string of the molecule is CCOCC(C)N=C(N)c1ccccc1. The molecule has 82 valence electrons. The van der Waals surface area contributed by atoms with Crippen LogP contribution in [0.2, 0.25) is 0 Å². The van der Waals surface area contributed by atoms with E-state index in [-0.39, 0.29) is 6.04 Å². The van der Waals surface area contributed by atoms with Gasteiger partial charge in [0, 0.05) is 12.2 Å². The molecule has 0 spiro atoms. The Morgan fingerprint density at radius 2 is 2.07 bits per heavy atom. The van der Waals surface area contributed by atoms with Gasteiger partial charge in [0.25, 0.3) is 0 Å². The van der Waals surface area contributed by atoms with Gasteiger partial charge in [0.2, 0.25) is 0 Å². The Kier molecular flexibility index (Phi) is 4.84. The number of benzene rings is 1. The van der Waals surface area contributed by atoms with E-state index in [2.05, 4.69) is 4.99 Å². The summed E-state index contributed by atoms with van der Waals surface area (Å²) in [5, 5.41) is 0. The van der Waals surface area contributed by atoms with Gasteiger partial charge in [0.15, 0.2) is 0 Å². The maximum Gasteiger partial charge on any atom is 0.125 e. The van der Waals surface area contributed by atoms with Crippen LogP contribution in [0, 0.1) is 0 Å². The lowest BCUT2D eigenvalue weighted by atomic mass is 10.2. The minimum absolute atomic E-state index is 0.102. The summed E-state index contributed by atoms with van der Waals surface area (Å²) in [5.74, 6) is 0.572. The Bertz CT molecular complexity index is 309. The molecule has 0 bridgehead atoms. The van der Waals surface area contributed by atoms with Crippen molar-refractivity contribution in [3.63, 3.8) is 0 Å². The van der Waals surface area contributed by atoms with E-state index in [1.807, 2.05) is 44.2 Å². The molecule has 3 heteroatoms. The Labute approximate surface area is 91.0 Å². The summed E-state index contributed by atoms with van der Waals surface area (Å²) in [6, 6.07) is 9.86. The highest BCUT2D eigenvalue weighted by atomic mass is 16.5. The van der Waals surface area contributed by atoms with Crippen LogP contribution in [0.3, 0.4) is 0 Å². The molecule has 0 aromatic heterocycles. The monoisotopic (exact) mass is 206 g/mol. The van der Waals surface area contributed by atoms with Crippen molar-refractivity contribution in [1.29, 1.82) is 0 Å². The number of hydrogen-bond acceptors (Lipinski definition) is 2. The summed E-state index contributed by atoms with van der Waals surface area (Å²) in [6.07, 6.45) is 0. The summed E-state index contributed by atoms with van der Waals surface area (Å²) < 4.78 is 5.27. The van der Waals surface area contributed by atoms with Gasteiger partial charge in [-0.15, -0.1) is 0 Å². The maximum atomic E-state index is 5.86. The topological polar surface area (TPSA) is 47.6 Å². The van der Waals surface area contributed by atoms with Gasteiger partial charge in [0.05, 0.1) is 12.6 Å². The lowest BCUT2D eigenvalue weighted by Crippen LogP contribution is -2.19. The van der Waals surface area contributed by atoms with E-state index in [1.54, 1.807) is 0 Å². The van der Waals surface area contributed by atoms with E-state index in [1.165, 1.54) is 0 Å². The van der Waals surface area contributed by atoms with Gasteiger partial charge < -0.3 is 10.5 Å². The number of rotatable bonds is 5. The number of hydrogen-bond donors (Lipinski definition) is 1. The summed E-state index contributed by atoms with van der Waals surface area (Å²) >= 11 is 0. The van der Waals surface area contributed by atoms with Crippen molar-refractivity contribution in [1.82, 2.24) is 0 Å². The van der Waals surface area contributed by atoms with Crippen LogP contribution < -0.4 is 5.73 Å². The predicted molar refractivity (Wildman–Crippen MR) is 63.1 cm³/mol. The maximum absolute atomic E-state index is 5.86. The highest BCUT2D eigenvalue weighted by Crippen LogP contribution is 2.00. The lowest BCUT2D eigenvalue weighted by molar-refractivity contribution is 0.137. The molecule has 1 aromatic carbocycles. The van der Waals surface area contributed by atoms with Crippen molar-refractivity contribution >= 4 is 5.84 Å². The number of aliphatic imine (C=N–C) groups is 1. The minimum Gasteiger partial charge on any atom is -0.383 e. The smallest absolute Gasteiger partial charge is 0.125 e. The summed E-state index contributed by atoms with van der Waals surface area (Å²) in [5.41, 5.74) is 6.82. The fourth-order valence-electron chi connectivity index (χ4n) is 1.25. The molecule has 0 amide bonds. The van der Waals surface area contributed by atoms with Gasteiger partial charge in [-0.1, -0.05) is 30.3 Å². The molecule has 0 aliphatic rings. The van der Waals surface area contributed by atoms with E-state index in [4.69, 9.17) is 10.5 Å². The fourth-order valence-corrected chi connectivity index (χ4v) is 1.25. The zero-order valence-corrected chi connectivity index (χ0v) is 9.31. The van der Waals surface area contributed by atoms with Crippen molar-refractivity contribution in [3.05, 3.63) is 35.9 Å². The Hall–Kier alpha value is -1.35. The quantitative estimate of drug-likeness (QED) is 0.590. The first kappa shape index (κ1) is 11.7. The lowest BCUT2D eigenvalue weighted by Gasteiger charge is -2.08. The van der Waals surface area contributed by atoms with Crippen molar-refractivity contribution < 1.29 is 4.74 Å². The third-order valence-electron chi connectivity index (χ3n) is 1.99. The van der Waals surface area contributed by atoms with Crippen LogP contribution in [0.1, 0.15) is 19.4 Å². The van der Waals surface area contributed by atoms with E-state index in [0.717, 1.165) is 5.56 Å². The molecule has 0 fully saturated rings. The molecule has 0 radical (unpaired) electrons. The number of ether oxygens (including phenoxy) is 1. The van der Waals surface area contributed by atoms with Gasteiger partial charge in [-0.3, -0.25) is 4.99 Å². The van der Waals surface area contributed by atoms with Crippen LogP contribution in [-0.2, 0) is 4.74 Å². The van der Waals surface area contributed by atoms with Crippen molar-refractivity contribution in [3.8, 4) is 0 Å². The first-order valence-electron chi connectivity index (χ1n) is 5.20. The van der Waals surface area contributed by atoms with E-state index in [9.17, 15) is 0 Å². The summed E-state index contributed by atoms with van der Waals surface area (Å²) in [7, 11) is 0. The second-order valence-corrected chi connectivity index (χ2v) is 3.39. The molecule has 0 heterocycles. The van der Waals surface area contributed by atoms with Crippen molar-refractivity contribution in [2.75, 3.05) is 13.2 Å². The molecular formula is C12H18N2O. The highest BCUT2D eigenvalue weighted by Gasteiger charge is 2.01. The van der Waals surface area contributed by atoms with Crippen LogP contribution in [0.5, 0.6) is 0 Å². The van der Waals surface area contributed by atoms with E-state index in [0.29, 0.717) is 19.0 Å². The molecule has 1 aromatic rings. The van der Waals surface area contributed by atoms with Gasteiger partial charge in [-0.2, -0.15) is 0 Å². The Balaban J connectivity index is 2.59. The first-order chi connectivity index (χ1) is 7.24. The van der Waals surface area contributed by atoms with Crippen LogP contribution in [-0.4, -0.2) is 25.1 Å². The normalized spacial score (nSPS) is 13.9. The van der Waals surface area contributed by atoms with Gasteiger partial charge in [-0.25, -0.2) is 0 Å². The number of nitrogens with zero attached hydrogens (tertiary/aromatic N) is 1. The molecular weight excluding hydrogens is 188 g/mol.